The van der Waals surface area contributed by atoms with Crippen LogP contribution < -0.4 is 11.1 Å². The molecule has 5 heteroatoms. The van der Waals surface area contributed by atoms with E-state index in [1.54, 1.807) is 24.3 Å². The van der Waals surface area contributed by atoms with E-state index in [9.17, 15) is 4.79 Å². The SMILES string of the molecule is CCCCCCC(=O)Nc1ccccc1/C(N)=N/O. The number of anilines is 1. The second-order valence-corrected chi connectivity index (χ2v) is 4.39. The Morgan fingerprint density at radius 1 is 1.32 bits per heavy atom. The molecule has 0 radical (unpaired) electrons. The Morgan fingerprint density at radius 3 is 2.74 bits per heavy atom. The van der Waals surface area contributed by atoms with Crippen molar-refractivity contribution in [1.29, 1.82) is 0 Å². The average Bonchev–Trinajstić information content (AvgIpc) is 2.43. The molecule has 0 saturated heterocycles. The van der Waals surface area contributed by atoms with Crippen LogP contribution in [-0.4, -0.2) is 17.0 Å². The second-order valence-electron chi connectivity index (χ2n) is 4.39. The first-order valence-electron chi connectivity index (χ1n) is 6.55. The molecule has 4 N–H and O–H groups in total. The lowest BCUT2D eigenvalue weighted by molar-refractivity contribution is -0.116. The molecule has 0 saturated carbocycles. The van der Waals surface area contributed by atoms with Crippen LogP contribution in [0.3, 0.4) is 0 Å². The van der Waals surface area contributed by atoms with E-state index < -0.39 is 0 Å². The van der Waals surface area contributed by atoms with E-state index in [1.165, 1.54) is 0 Å². The lowest BCUT2D eigenvalue weighted by atomic mass is 10.1. The van der Waals surface area contributed by atoms with Crippen molar-refractivity contribution < 1.29 is 10.0 Å². The van der Waals surface area contributed by atoms with Gasteiger partial charge in [0.2, 0.25) is 5.91 Å². The number of amidine groups is 1. The Kier molecular flexibility index (Phi) is 6.43. The predicted molar refractivity (Wildman–Crippen MR) is 76.3 cm³/mol. The number of nitrogens with zero attached hydrogens (tertiary/aromatic N) is 1. The fourth-order valence-electron chi connectivity index (χ4n) is 1.79. The molecule has 0 spiro atoms. The molecule has 0 aliphatic rings. The number of oxime groups is 1. The van der Waals surface area contributed by atoms with Crippen LogP contribution in [0.5, 0.6) is 0 Å². The summed E-state index contributed by atoms with van der Waals surface area (Å²) in [5, 5.41) is 14.4. The third-order valence-electron chi connectivity index (χ3n) is 2.84. The number of nitrogens with one attached hydrogen (secondary N) is 1. The number of rotatable bonds is 7. The highest BCUT2D eigenvalue weighted by molar-refractivity contribution is 6.05. The number of hydrogen-bond acceptors (Lipinski definition) is 3. The fraction of sp³-hybridized carbons (Fsp3) is 0.429. The quantitative estimate of drug-likeness (QED) is 0.232. The third kappa shape index (κ3) is 4.99. The first kappa shape index (κ1) is 15.0. The molecular formula is C14H21N3O2. The highest BCUT2D eigenvalue weighted by Gasteiger charge is 2.09. The third-order valence-corrected chi connectivity index (χ3v) is 2.84. The molecule has 5 nitrogen and oxygen atoms in total. The topological polar surface area (TPSA) is 87.7 Å². The van der Waals surface area contributed by atoms with Gasteiger partial charge in [-0.3, -0.25) is 4.79 Å². The lowest BCUT2D eigenvalue weighted by Crippen LogP contribution is -2.18. The van der Waals surface area contributed by atoms with Gasteiger partial charge in [0.25, 0.3) is 0 Å². The fourth-order valence-corrected chi connectivity index (χ4v) is 1.79. The maximum atomic E-state index is 11.8. The first-order chi connectivity index (χ1) is 9.19. The molecule has 1 aromatic carbocycles. The van der Waals surface area contributed by atoms with Crippen LogP contribution in [0.25, 0.3) is 0 Å². The average molecular weight is 263 g/mol. The molecule has 0 unspecified atom stereocenters. The Labute approximate surface area is 113 Å². The molecule has 0 aromatic heterocycles. The summed E-state index contributed by atoms with van der Waals surface area (Å²) in [6, 6.07) is 6.99. The summed E-state index contributed by atoms with van der Waals surface area (Å²) in [7, 11) is 0. The summed E-state index contributed by atoms with van der Waals surface area (Å²) in [4.78, 5) is 11.8. The van der Waals surface area contributed by atoms with Gasteiger partial charge in [-0.2, -0.15) is 0 Å². The Bertz CT molecular complexity index is 444. The van der Waals surface area contributed by atoms with E-state index in [0.717, 1.165) is 25.7 Å². The largest absolute Gasteiger partial charge is 0.409 e. The van der Waals surface area contributed by atoms with E-state index in [1.807, 2.05) is 0 Å². The Hall–Kier alpha value is -2.04. The molecule has 0 aliphatic carbocycles. The van der Waals surface area contributed by atoms with E-state index in [2.05, 4.69) is 17.4 Å². The molecule has 0 bridgehead atoms. The van der Waals surface area contributed by atoms with Gasteiger partial charge in [0, 0.05) is 12.0 Å². The van der Waals surface area contributed by atoms with E-state index >= 15 is 0 Å². The summed E-state index contributed by atoms with van der Waals surface area (Å²) in [5.74, 6) is -0.0591. The van der Waals surface area contributed by atoms with Crippen molar-refractivity contribution in [1.82, 2.24) is 0 Å². The molecular weight excluding hydrogens is 242 g/mol. The van der Waals surface area contributed by atoms with Gasteiger partial charge in [0.15, 0.2) is 5.84 Å². The van der Waals surface area contributed by atoms with Crippen molar-refractivity contribution in [3.8, 4) is 0 Å². The van der Waals surface area contributed by atoms with Gasteiger partial charge in [0.05, 0.1) is 5.69 Å². The Morgan fingerprint density at radius 2 is 2.05 bits per heavy atom. The monoisotopic (exact) mass is 263 g/mol. The normalized spacial score (nSPS) is 11.3. The minimum atomic E-state index is -0.0470. The first-order valence-corrected chi connectivity index (χ1v) is 6.55. The van der Waals surface area contributed by atoms with Crippen LogP contribution in [0.4, 0.5) is 5.69 Å². The predicted octanol–water partition coefficient (Wildman–Crippen LogP) is 2.69. The molecule has 0 fully saturated rings. The highest BCUT2D eigenvalue weighted by atomic mass is 16.4. The number of nitrogens with two attached hydrogens (primary N) is 1. The maximum Gasteiger partial charge on any atom is 0.224 e. The van der Waals surface area contributed by atoms with E-state index in [-0.39, 0.29) is 11.7 Å². The van der Waals surface area contributed by atoms with Crippen molar-refractivity contribution >= 4 is 17.4 Å². The van der Waals surface area contributed by atoms with Gasteiger partial charge in [-0.15, -0.1) is 0 Å². The molecule has 19 heavy (non-hydrogen) atoms. The smallest absolute Gasteiger partial charge is 0.224 e. The minimum absolute atomic E-state index is 0.0121. The maximum absolute atomic E-state index is 11.8. The van der Waals surface area contributed by atoms with Crippen molar-refractivity contribution in [3.63, 3.8) is 0 Å². The lowest BCUT2D eigenvalue weighted by Gasteiger charge is -2.09. The summed E-state index contributed by atoms with van der Waals surface area (Å²) < 4.78 is 0. The van der Waals surface area contributed by atoms with Crippen LogP contribution in [0, 0.1) is 0 Å². The van der Waals surface area contributed by atoms with Crippen LogP contribution in [0.15, 0.2) is 29.4 Å². The number of unbranched alkanes of at least 4 members (excludes halogenated alkanes) is 3. The van der Waals surface area contributed by atoms with Gasteiger partial charge in [-0.1, -0.05) is 43.5 Å². The summed E-state index contributed by atoms with van der Waals surface area (Å²) in [6.45, 7) is 2.13. The van der Waals surface area contributed by atoms with Gasteiger partial charge < -0.3 is 16.3 Å². The van der Waals surface area contributed by atoms with Crippen molar-refractivity contribution in [3.05, 3.63) is 29.8 Å². The van der Waals surface area contributed by atoms with Crippen LogP contribution in [-0.2, 0) is 4.79 Å². The zero-order chi connectivity index (χ0) is 14.1. The number of benzene rings is 1. The number of para-hydroxylation sites is 1. The van der Waals surface area contributed by atoms with Gasteiger partial charge in [-0.25, -0.2) is 0 Å². The molecule has 104 valence electrons. The molecule has 1 rings (SSSR count). The van der Waals surface area contributed by atoms with Crippen molar-refractivity contribution in [2.45, 2.75) is 39.0 Å². The second kappa shape index (κ2) is 8.13. The van der Waals surface area contributed by atoms with E-state index in [0.29, 0.717) is 17.7 Å². The number of hydrogen-bond donors (Lipinski definition) is 3. The summed E-state index contributed by atoms with van der Waals surface area (Å²) in [6.07, 6.45) is 4.73. The van der Waals surface area contributed by atoms with Crippen LogP contribution in [0.2, 0.25) is 0 Å². The number of carbonyl (C=O) groups excluding carboxylic acids is 1. The Balaban J connectivity index is 2.59. The molecule has 0 atom stereocenters. The van der Waals surface area contributed by atoms with Gasteiger partial charge >= 0.3 is 0 Å². The number of carbonyl (C=O) groups is 1. The molecule has 1 aromatic rings. The molecule has 0 heterocycles. The minimum Gasteiger partial charge on any atom is -0.409 e. The molecule has 0 aliphatic heterocycles. The van der Waals surface area contributed by atoms with Crippen LogP contribution >= 0.6 is 0 Å². The van der Waals surface area contributed by atoms with Crippen molar-refractivity contribution in [2.75, 3.05) is 5.32 Å². The number of amides is 1. The van der Waals surface area contributed by atoms with Crippen LogP contribution in [0.1, 0.15) is 44.6 Å². The highest BCUT2D eigenvalue weighted by Crippen LogP contribution is 2.15. The standard InChI is InChI=1S/C14H21N3O2/c1-2-3-4-5-10-13(18)16-12-9-7-6-8-11(12)14(15)17-19/h6-9,19H,2-5,10H2,1H3,(H2,15,17)(H,16,18). The molecule has 1 amide bonds. The zero-order valence-corrected chi connectivity index (χ0v) is 11.2. The summed E-state index contributed by atoms with van der Waals surface area (Å²) in [5.41, 5.74) is 6.65. The van der Waals surface area contributed by atoms with E-state index in [4.69, 9.17) is 10.9 Å². The van der Waals surface area contributed by atoms with Gasteiger partial charge in [0.1, 0.15) is 0 Å². The van der Waals surface area contributed by atoms with Crippen molar-refractivity contribution in [2.24, 2.45) is 10.9 Å². The van der Waals surface area contributed by atoms with Gasteiger partial charge in [-0.05, 0) is 18.6 Å². The zero-order valence-electron chi connectivity index (χ0n) is 11.2. The summed E-state index contributed by atoms with van der Waals surface area (Å²) >= 11 is 0.